The number of amides is 1. The zero-order valence-electron chi connectivity index (χ0n) is 16.0. The first-order valence-electron chi connectivity index (χ1n) is 9.51. The van der Waals surface area contributed by atoms with Gasteiger partial charge in [0.15, 0.2) is 5.78 Å². The third-order valence-electron chi connectivity index (χ3n) is 5.23. The predicted octanol–water partition coefficient (Wildman–Crippen LogP) is 2.83. The number of benzene rings is 1. The largest absolute Gasteiger partial charge is 0.467 e. The highest BCUT2D eigenvalue weighted by molar-refractivity contribution is 6.44. The van der Waals surface area contributed by atoms with Crippen molar-refractivity contribution in [3.63, 3.8) is 0 Å². The number of nitrogens with zero attached hydrogens (tertiary/aromatic N) is 3. The first-order valence-corrected chi connectivity index (χ1v) is 9.51. The Balaban J connectivity index is 1.61. The first kappa shape index (κ1) is 18.9. The highest BCUT2D eigenvalue weighted by Gasteiger charge is 2.52. The Hall–Kier alpha value is -3.48. The molecule has 0 bridgehead atoms. The van der Waals surface area contributed by atoms with Crippen LogP contribution in [0.4, 0.5) is 0 Å². The van der Waals surface area contributed by atoms with Crippen LogP contribution in [0.1, 0.15) is 34.1 Å². The SMILES string of the molecule is Cc1ccc(C(=O)C2C(=O)C(=O)N(CCCn3ccnc3)C2c2ccco2)cc1. The van der Waals surface area contributed by atoms with Crippen LogP contribution >= 0.6 is 0 Å². The molecule has 0 N–H and O–H groups in total. The smallest absolute Gasteiger partial charge is 0.291 e. The van der Waals surface area contributed by atoms with Gasteiger partial charge in [-0.25, -0.2) is 4.98 Å². The number of aromatic nitrogens is 2. The Bertz CT molecular complexity index is 1010. The van der Waals surface area contributed by atoms with Gasteiger partial charge in [-0.15, -0.1) is 0 Å². The number of ketones is 2. The number of likely N-dealkylation sites (tertiary alicyclic amines) is 1. The molecule has 0 spiro atoms. The molecule has 7 nitrogen and oxygen atoms in total. The summed E-state index contributed by atoms with van der Waals surface area (Å²) in [7, 11) is 0. The van der Waals surface area contributed by atoms with Crippen molar-refractivity contribution in [2.24, 2.45) is 5.92 Å². The van der Waals surface area contributed by atoms with E-state index < -0.39 is 23.7 Å². The van der Waals surface area contributed by atoms with E-state index in [-0.39, 0.29) is 5.78 Å². The molecule has 0 saturated carbocycles. The van der Waals surface area contributed by atoms with Crippen LogP contribution in [0, 0.1) is 12.8 Å². The van der Waals surface area contributed by atoms with Crippen molar-refractivity contribution in [3.8, 4) is 0 Å². The Morgan fingerprint density at radius 3 is 2.59 bits per heavy atom. The summed E-state index contributed by atoms with van der Waals surface area (Å²) in [6.45, 7) is 2.91. The minimum Gasteiger partial charge on any atom is -0.467 e. The molecule has 4 rings (SSSR count). The molecule has 29 heavy (non-hydrogen) atoms. The fourth-order valence-corrected chi connectivity index (χ4v) is 3.74. The van der Waals surface area contributed by atoms with Gasteiger partial charge in [0.05, 0.1) is 12.6 Å². The normalized spacial score (nSPS) is 19.1. The van der Waals surface area contributed by atoms with Gasteiger partial charge in [0.1, 0.15) is 17.7 Å². The van der Waals surface area contributed by atoms with Gasteiger partial charge < -0.3 is 13.9 Å². The summed E-state index contributed by atoms with van der Waals surface area (Å²) in [5, 5.41) is 0. The number of Topliss-reactive ketones (excluding diaryl/α,β-unsaturated/α-hetero) is 2. The predicted molar refractivity (Wildman–Crippen MR) is 104 cm³/mol. The van der Waals surface area contributed by atoms with E-state index in [0.717, 1.165) is 5.56 Å². The maximum absolute atomic E-state index is 13.2. The van der Waals surface area contributed by atoms with Crippen molar-refractivity contribution in [1.29, 1.82) is 0 Å². The number of carbonyl (C=O) groups excluding carboxylic acids is 3. The quantitative estimate of drug-likeness (QED) is 0.351. The van der Waals surface area contributed by atoms with Crippen molar-refractivity contribution in [2.45, 2.75) is 25.9 Å². The monoisotopic (exact) mass is 391 g/mol. The highest BCUT2D eigenvalue weighted by Crippen LogP contribution is 2.38. The Kier molecular flexibility index (Phi) is 5.12. The van der Waals surface area contributed by atoms with E-state index in [4.69, 9.17) is 4.42 Å². The number of carbonyl (C=O) groups is 3. The molecule has 1 saturated heterocycles. The lowest BCUT2D eigenvalue weighted by molar-refractivity contribution is -0.140. The Morgan fingerprint density at radius 2 is 1.93 bits per heavy atom. The minimum absolute atomic E-state index is 0.339. The van der Waals surface area contributed by atoms with Gasteiger partial charge in [0, 0.05) is 31.0 Å². The summed E-state index contributed by atoms with van der Waals surface area (Å²) in [4.78, 5) is 44.2. The first-order chi connectivity index (χ1) is 14.1. The second-order valence-corrected chi connectivity index (χ2v) is 7.19. The second-order valence-electron chi connectivity index (χ2n) is 7.19. The van der Waals surface area contributed by atoms with Crippen LogP contribution in [-0.4, -0.2) is 38.5 Å². The van der Waals surface area contributed by atoms with Gasteiger partial charge in [-0.1, -0.05) is 29.8 Å². The lowest BCUT2D eigenvalue weighted by Gasteiger charge is -2.25. The van der Waals surface area contributed by atoms with Gasteiger partial charge >= 0.3 is 0 Å². The molecule has 3 aromatic rings. The molecular weight excluding hydrogens is 370 g/mol. The van der Waals surface area contributed by atoms with Crippen LogP contribution in [0.2, 0.25) is 0 Å². The van der Waals surface area contributed by atoms with E-state index in [1.165, 1.54) is 11.2 Å². The van der Waals surface area contributed by atoms with Crippen molar-refractivity contribution >= 4 is 17.5 Å². The van der Waals surface area contributed by atoms with E-state index >= 15 is 0 Å². The van der Waals surface area contributed by atoms with E-state index in [1.54, 1.807) is 36.8 Å². The molecule has 148 valence electrons. The van der Waals surface area contributed by atoms with Crippen LogP contribution < -0.4 is 0 Å². The number of imidazole rings is 1. The molecule has 0 radical (unpaired) electrons. The average molecular weight is 391 g/mol. The molecular formula is C22H21N3O4. The molecule has 1 fully saturated rings. The zero-order chi connectivity index (χ0) is 20.4. The summed E-state index contributed by atoms with van der Waals surface area (Å²) in [6.07, 6.45) is 7.33. The van der Waals surface area contributed by atoms with Crippen molar-refractivity contribution in [1.82, 2.24) is 14.5 Å². The van der Waals surface area contributed by atoms with E-state index in [0.29, 0.717) is 30.8 Å². The summed E-state index contributed by atoms with van der Waals surface area (Å²) in [5.41, 5.74) is 1.43. The molecule has 2 aromatic heterocycles. The fourth-order valence-electron chi connectivity index (χ4n) is 3.74. The number of hydrogen-bond acceptors (Lipinski definition) is 5. The van der Waals surface area contributed by atoms with Crippen LogP contribution in [0.5, 0.6) is 0 Å². The third-order valence-corrected chi connectivity index (χ3v) is 5.23. The maximum Gasteiger partial charge on any atom is 0.291 e. The molecule has 2 unspecified atom stereocenters. The fraction of sp³-hybridized carbons (Fsp3) is 0.273. The van der Waals surface area contributed by atoms with E-state index in [1.807, 2.05) is 29.8 Å². The topological polar surface area (TPSA) is 85.4 Å². The van der Waals surface area contributed by atoms with Gasteiger partial charge in [-0.3, -0.25) is 14.4 Å². The van der Waals surface area contributed by atoms with E-state index in [2.05, 4.69) is 4.98 Å². The number of furan rings is 1. The average Bonchev–Trinajstić information content (AvgIpc) is 3.46. The van der Waals surface area contributed by atoms with Crippen LogP contribution in [0.15, 0.2) is 65.8 Å². The molecule has 1 aliphatic heterocycles. The number of aryl methyl sites for hydroxylation is 2. The molecule has 1 amide bonds. The standard InChI is InChI=1S/C22H21N3O4/c1-15-5-7-16(8-6-15)20(26)18-19(17-4-2-13-29-17)25(22(28)21(18)27)11-3-10-24-12-9-23-14-24/h2,4-9,12-14,18-19H,3,10-11H2,1H3. The van der Waals surface area contributed by atoms with Crippen LogP contribution in [0.25, 0.3) is 0 Å². The van der Waals surface area contributed by atoms with Crippen molar-refractivity contribution in [3.05, 3.63) is 78.3 Å². The van der Waals surface area contributed by atoms with Gasteiger partial charge in [0.2, 0.25) is 5.78 Å². The number of rotatable bonds is 7. The lowest BCUT2D eigenvalue weighted by Crippen LogP contribution is -2.32. The Morgan fingerprint density at radius 1 is 1.14 bits per heavy atom. The van der Waals surface area contributed by atoms with Crippen LogP contribution in [0.3, 0.4) is 0 Å². The molecule has 1 aromatic carbocycles. The summed E-state index contributed by atoms with van der Waals surface area (Å²) < 4.78 is 7.42. The van der Waals surface area contributed by atoms with E-state index in [9.17, 15) is 14.4 Å². The zero-order valence-corrected chi connectivity index (χ0v) is 16.0. The van der Waals surface area contributed by atoms with Gasteiger partial charge in [-0.05, 0) is 25.5 Å². The Labute approximate surface area is 168 Å². The maximum atomic E-state index is 13.2. The van der Waals surface area contributed by atoms with Crippen LogP contribution in [-0.2, 0) is 16.1 Å². The molecule has 7 heteroatoms. The van der Waals surface area contributed by atoms with Gasteiger partial charge in [0.25, 0.3) is 5.91 Å². The summed E-state index contributed by atoms with van der Waals surface area (Å²) in [5.74, 6) is -2.34. The summed E-state index contributed by atoms with van der Waals surface area (Å²) >= 11 is 0. The van der Waals surface area contributed by atoms with Gasteiger partial charge in [-0.2, -0.15) is 0 Å². The summed E-state index contributed by atoms with van der Waals surface area (Å²) in [6, 6.07) is 9.68. The molecule has 1 aliphatic rings. The van der Waals surface area contributed by atoms with Crippen molar-refractivity contribution in [2.75, 3.05) is 6.54 Å². The molecule has 2 atom stereocenters. The van der Waals surface area contributed by atoms with Crippen molar-refractivity contribution < 1.29 is 18.8 Å². The highest BCUT2D eigenvalue weighted by atomic mass is 16.3. The molecule has 3 heterocycles. The third kappa shape index (κ3) is 3.63. The lowest BCUT2D eigenvalue weighted by atomic mass is 9.88. The number of hydrogen-bond donors (Lipinski definition) is 0. The second kappa shape index (κ2) is 7.87. The molecule has 0 aliphatic carbocycles. The minimum atomic E-state index is -1.11.